The van der Waals surface area contributed by atoms with Crippen LogP contribution in [0.2, 0.25) is 10.0 Å². The number of benzene rings is 3. The van der Waals surface area contributed by atoms with E-state index >= 15 is 0 Å². The van der Waals surface area contributed by atoms with E-state index in [-0.39, 0.29) is 36.5 Å². The Labute approximate surface area is 210 Å². The fourth-order valence-corrected chi connectivity index (χ4v) is 4.32. The molecular formula is C25H18Cl2FNO4S. The summed E-state index contributed by atoms with van der Waals surface area (Å²) in [5, 5.41) is 0.543. The second kappa shape index (κ2) is 11.0. The summed E-state index contributed by atoms with van der Waals surface area (Å²) in [5.41, 5.74) is 1.00. The van der Waals surface area contributed by atoms with Crippen LogP contribution in [0, 0.1) is 5.82 Å². The van der Waals surface area contributed by atoms with Gasteiger partial charge in [-0.2, -0.15) is 0 Å². The molecule has 34 heavy (non-hydrogen) atoms. The maximum atomic E-state index is 13.9. The van der Waals surface area contributed by atoms with Crippen LogP contribution in [-0.4, -0.2) is 29.2 Å². The van der Waals surface area contributed by atoms with Crippen LogP contribution in [0.25, 0.3) is 6.08 Å². The van der Waals surface area contributed by atoms with Crippen LogP contribution in [0.15, 0.2) is 71.6 Å². The zero-order chi connectivity index (χ0) is 24.1. The minimum absolute atomic E-state index is 0.0121. The molecule has 0 aliphatic carbocycles. The van der Waals surface area contributed by atoms with Crippen LogP contribution < -0.4 is 9.47 Å². The lowest BCUT2D eigenvalue weighted by Crippen LogP contribution is -2.32. The van der Waals surface area contributed by atoms with Gasteiger partial charge in [0.25, 0.3) is 11.1 Å². The van der Waals surface area contributed by atoms with E-state index in [9.17, 15) is 14.0 Å². The fourth-order valence-electron chi connectivity index (χ4n) is 3.12. The predicted molar refractivity (Wildman–Crippen MR) is 132 cm³/mol. The summed E-state index contributed by atoms with van der Waals surface area (Å²) >= 11 is 12.7. The number of halogens is 3. The Bertz CT molecular complexity index is 1210. The molecule has 0 bridgehead atoms. The highest BCUT2D eigenvalue weighted by molar-refractivity contribution is 8.18. The van der Waals surface area contributed by atoms with Crippen molar-refractivity contribution in [2.45, 2.75) is 6.61 Å². The van der Waals surface area contributed by atoms with Gasteiger partial charge in [-0.3, -0.25) is 14.5 Å². The van der Waals surface area contributed by atoms with Crippen LogP contribution >= 0.6 is 35.0 Å². The molecule has 3 aromatic carbocycles. The normalized spacial score (nSPS) is 14.7. The third-order valence-corrected chi connectivity index (χ3v) is 6.41. The van der Waals surface area contributed by atoms with Gasteiger partial charge in [-0.15, -0.1) is 0 Å². The Balaban J connectivity index is 1.33. The van der Waals surface area contributed by atoms with Crippen molar-refractivity contribution < 1.29 is 23.5 Å². The van der Waals surface area contributed by atoms with E-state index in [0.717, 1.165) is 22.2 Å². The van der Waals surface area contributed by atoms with Crippen molar-refractivity contribution in [1.82, 2.24) is 4.90 Å². The molecule has 2 amide bonds. The Morgan fingerprint density at radius 2 is 1.59 bits per heavy atom. The van der Waals surface area contributed by atoms with E-state index in [4.69, 9.17) is 32.7 Å². The number of carbonyl (C=O) groups excluding carboxylic acids is 2. The summed E-state index contributed by atoms with van der Waals surface area (Å²) in [6.45, 7) is 0.295. The first-order valence-corrected chi connectivity index (χ1v) is 11.8. The number of thioether (sulfide) groups is 1. The van der Waals surface area contributed by atoms with E-state index in [1.807, 2.05) is 0 Å². The van der Waals surface area contributed by atoms with Gasteiger partial charge in [0.1, 0.15) is 30.5 Å². The van der Waals surface area contributed by atoms with E-state index in [2.05, 4.69) is 0 Å². The SMILES string of the molecule is O=C1S/C(=C\c2ccc(OCc3c(F)cccc3Cl)cc2)C(=O)N1CCOc1ccc(Cl)cc1. The number of carbonyl (C=O) groups is 2. The molecule has 9 heteroatoms. The van der Waals surface area contributed by atoms with E-state index in [1.165, 1.54) is 12.1 Å². The molecule has 1 aliphatic heterocycles. The second-order valence-electron chi connectivity index (χ2n) is 7.19. The number of hydrogen-bond donors (Lipinski definition) is 0. The van der Waals surface area contributed by atoms with Gasteiger partial charge in [0.15, 0.2) is 0 Å². The van der Waals surface area contributed by atoms with Gasteiger partial charge in [-0.05, 0) is 71.9 Å². The summed E-state index contributed by atoms with van der Waals surface area (Å²) in [6.07, 6.45) is 1.64. The number of nitrogens with zero attached hydrogens (tertiary/aromatic N) is 1. The molecule has 1 fully saturated rings. The van der Waals surface area contributed by atoms with Crippen LogP contribution in [0.1, 0.15) is 11.1 Å². The summed E-state index contributed by atoms with van der Waals surface area (Å²) < 4.78 is 25.1. The number of hydrogen-bond acceptors (Lipinski definition) is 5. The van der Waals surface area contributed by atoms with Crippen molar-refractivity contribution in [3.8, 4) is 11.5 Å². The average molecular weight is 518 g/mol. The Kier molecular flexibility index (Phi) is 7.77. The molecule has 0 aromatic heterocycles. The maximum absolute atomic E-state index is 13.9. The lowest BCUT2D eigenvalue weighted by Gasteiger charge is -2.13. The standard InChI is InChI=1S/C25H18Cl2FNO4S/c26-17-6-10-18(11-7-17)32-13-12-29-24(30)23(34-25(29)31)14-16-4-8-19(9-5-16)33-15-20-21(27)2-1-3-22(20)28/h1-11,14H,12-13,15H2/b23-14-. The molecule has 0 spiro atoms. The minimum Gasteiger partial charge on any atom is -0.492 e. The van der Waals surface area contributed by atoms with E-state index in [0.29, 0.717) is 26.4 Å². The molecule has 0 N–H and O–H groups in total. The third kappa shape index (κ3) is 5.91. The molecule has 1 heterocycles. The number of rotatable bonds is 8. The largest absolute Gasteiger partial charge is 0.492 e. The molecule has 174 valence electrons. The van der Waals surface area contributed by atoms with Crippen molar-refractivity contribution in [1.29, 1.82) is 0 Å². The zero-order valence-corrected chi connectivity index (χ0v) is 20.0. The molecular weight excluding hydrogens is 500 g/mol. The van der Waals surface area contributed by atoms with Crippen molar-refractivity contribution in [2.75, 3.05) is 13.2 Å². The smallest absolute Gasteiger partial charge is 0.293 e. The molecule has 4 rings (SSSR count). The van der Waals surface area contributed by atoms with Gasteiger partial charge < -0.3 is 9.47 Å². The molecule has 1 aliphatic rings. The quantitative estimate of drug-likeness (QED) is 0.306. The summed E-state index contributed by atoms with van der Waals surface area (Å²) in [4.78, 5) is 26.4. The van der Waals surface area contributed by atoms with Gasteiger partial charge in [0.2, 0.25) is 0 Å². The van der Waals surface area contributed by atoms with Crippen LogP contribution in [-0.2, 0) is 11.4 Å². The van der Waals surface area contributed by atoms with Gasteiger partial charge in [-0.1, -0.05) is 41.4 Å². The maximum Gasteiger partial charge on any atom is 0.293 e. The summed E-state index contributed by atoms with van der Waals surface area (Å²) in [6, 6.07) is 18.2. The first-order chi connectivity index (χ1) is 16.4. The van der Waals surface area contributed by atoms with E-state index < -0.39 is 5.82 Å². The molecule has 0 radical (unpaired) electrons. The lowest BCUT2D eigenvalue weighted by molar-refractivity contribution is -0.123. The second-order valence-corrected chi connectivity index (χ2v) is 9.03. The molecule has 0 unspecified atom stereocenters. The monoisotopic (exact) mass is 517 g/mol. The van der Waals surface area contributed by atoms with Crippen molar-refractivity contribution >= 4 is 52.2 Å². The average Bonchev–Trinajstić information content (AvgIpc) is 3.08. The highest BCUT2D eigenvalue weighted by Gasteiger charge is 2.34. The van der Waals surface area contributed by atoms with Gasteiger partial charge in [0.05, 0.1) is 16.5 Å². The fraction of sp³-hybridized carbons (Fsp3) is 0.120. The summed E-state index contributed by atoms with van der Waals surface area (Å²) in [5.74, 6) is 0.318. The minimum atomic E-state index is -0.432. The molecule has 1 saturated heterocycles. The van der Waals surface area contributed by atoms with Gasteiger partial charge in [-0.25, -0.2) is 4.39 Å². The van der Waals surface area contributed by atoms with Gasteiger partial charge >= 0.3 is 0 Å². The Hall–Kier alpha value is -3.00. The van der Waals surface area contributed by atoms with Crippen molar-refractivity contribution in [3.63, 3.8) is 0 Å². The number of ether oxygens (including phenoxy) is 2. The highest BCUT2D eigenvalue weighted by atomic mass is 35.5. The summed E-state index contributed by atoms with van der Waals surface area (Å²) in [7, 11) is 0. The van der Waals surface area contributed by atoms with Crippen LogP contribution in [0.4, 0.5) is 9.18 Å². The Morgan fingerprint density at radius 1 is 0.912 bits per heavy atom. The highest BCUT2D eigenvalue weighted by Crippen LogP contribution is 2.32. The molecule has 3 aromatic rings. The first kappa shape index (κ1) is 24.1. The van der Waals surface area contributed by atoms with Crippen molar-refractivity contribution in [3.05, 3.63) is 98.6 Å². The van der Waals surface area contributed by atoms with Crippen LogP contribution in [0.5, 0.6) is 11.5 Å². The lowest BCUT2D eigenvalue weighted by atomic mass is 10.2. The number of imide groups is 1. The van der Waals surface area contributed by atoms with E-state index in [1.54, 1.807) is 60.7 Å². The predicted octanol–water partition coefficient (Wildman–Crippen LogP) is 6.83. The third-order valence-electron chi connectivity index (χ3n) is 4.89. The molecule has 0 saturated carbocycles. The van der Waals surface area contributed by atoms with Gasteiger partial charge in [0, 0.05) is 10.6 Å². The van der Waals surface area contributed by atoms with Crippen LogP contribution in [0.3, 0.4) is 0 Å². The molecule has 5 nitrogen and oxygen atoms in total. The first-order valence-electron chi connectivity index (χ1n) is 10.2. The topological polar surface area (TPSA) is 55.8 Å². The number of amides is 2. The Morgan fingerprint density at radius 3 is 2.29 bits per heavy atom. The van der Waals surface area contributed by atoms with Crippen molar-refractivity contribution in [2.24, 2.45) is 0 Å². The molecule has 0 atom stereocenters. The zero-order valence-electron chi connectivity index (χ0n) is 17.7.